The zero-order valence-corrected chi connectivity index (χ0v) is 12.8. The molecule has 0 fully saturated rings. The molecule has 0 amide bonds. The molecule has 20 heavy (non-hydrogen) atoms. The fourth-order valence-corrected chi connectivity index (χ4v) is 3.19. The first-order valence-electron chi connectivity index (χ1n) is 5.81. The lowest BCUT2D eigenvalue weighted by molar-refractivity contribution is 0.598. The van der Waals surface area contributed by atoms with E-state index in [-0.39, 0.29) is 4.90 Å². The van der Waals surface area contributed by atoms with Crippen LogP contribution in [0.2, 0.25) is 0 Å². The van der Waals surface area contributed by atoms with Crippen molar-refractivity contribution < 1.29 is 8.42 Å². The highest BCUT2D eigenvalue weighted by Gasteiger charge is 2.13. The van der Waals surface area contributed by atoms with Gasteiger partial charge in [-0.15, -0.1) is 11.3 Å². The summed E-state index contributed by atoms with van der Waals surface area (Å²) in [6.45, 7) is 2.57. The molecule has 0 radical (unpaired) electrons. The number of sulfonamides is 1. The van der Waals surface area contributed by atoms with Gasteiger partial charge < -0.3 is 10.6 Å². The van der Waals surface area contributed by atoms with Gasteiger partial charge in [-0.05, 0) is 25.1 Å². The Hall–Kier alpha value is -1.64. The molecule has 2 rings (SSSR count). The van der Waals surface area contributed by atoms with Crippen LogP contribution in [0.4, 0.5) is 11.4 Å². The molecule has 2 aromatic rings. The van der Waals surface area contributed by atoms with Crippen LogP contribution in [0.15, 0.2) is 28.6 Å². The number of hydrogen-bond donors (Lipinski definition) is 2. The van der Waals surface area contributed by atoms with Crippen molar-refractivity contribution >= 4 is 32.7 Å². The fourth-order valence-electron chi connectivity index (χ4n) is 1.78. The number of primary sulfonamides is 1. The number of aryl methyl sites for hydroxylation is 1. The fraction of sp³-hybridized carbons (Fsp3) is 0.250. The average molecular weight is 312 g/mol. The maximum atomic E-state index is 11.4. The molecule has 0 aliphatic rings. The number of nitrogens with zero attached hydrogens (tertiary/aromatic N) is 2. The van der Waals surface area contributed by atoms with Crippen LogP contribution in [0.5, 0.6) is 0 Å². The van der Waals surface area contributed by atoms with Crippen molar-refractivity contribution in [1.29, 1.82) is 0 Å². The van der Waals surface area contributed by atoms with Gasteiger partial charge in [0.2, 0.25) is 10.0 Å². The summed E-state index contributed by atoms with van der Waals surface area (Å²) in [7, 11) is -1.91. The molecule has 0 bridgehead atoms. The molecule has 0 saturated heterocycles. The summed E-state index contributed by atoms with van der Waals surface area (Å²) in [5.41, 5.74) is 9.55. The van der Waals surface area contributed by atoms with Crippen LogP contribution in [-0.2, 0) is 16.6 Å². The number of hydrogen-bond acceptors (Lipinski definition) is 6. The van der Waals surface area contributed by atoms with Crippen LogP contribution in [0.25, 0.3) is 0 Å². The van der Waals surface area contributed by atoms with E-state index in [0.29, 0.717) is 17.9 Å². The summed E-state index contributed by atoms with van der Waals surface area (Å²) in [6.07, 6.45) is 0. The highest BCUT2D eigenvalue weighted by molar-refractivity contribution is 7.89. The van der Waals surface area contributed by atoms with Crippen molar-refractivity contribution in [3.63, 3.8) is 0 Å². The van der Waals surface area contributed by atoms with Crippen LogP contribution >= 0.6 is 11.3 Å². The lowest BCUT2D eigenvalue weighted by Gasteiger charge is -2.20. The smallest absolute Gasteiger partial charge is 0.238 e. The molecule has 6 nitrogen and oxygen atoms in total. The summed E-state index contributed by atoms with van der Waals surface area (Å²) in [5, 5.41) is 5.15. The van der Waals surface area contributed by atoms with Crippen molar-refractivity contribution in [2.75, 3.05) is 17.7 Å². The molecular formula is C12H16N4O2S2. The van der Waals surface area contributed by atoms with Crippen LogP contribution in [0.3, 0.4) is 0 Å². The second-order valence-electron chi connectivity index (χ2n) is 4.52. The Morgan fingerprint density at radius 1 is 1.35 bits per heavy atom. The minimum Gasteiger partial charge on any atom is -0.399 e. The molecule has 0 unspecified atom stereocenters. The number of aromatic nitrogens is 1. The number of nitrogen functional groups attached to an aromatic ring is 1. The molecule has 4 N–H and O–H groups in total. The zero-order chi connectivity index (χ0) is 14.9. The van der Waals surface area contributed by atoms with Crippen molar-refractivity contribution in [2.45, 2.75) is 18.4 Å². The molecule has 1 aromatic heterocycles. The lowest BCUT2D eigenvalue weighted by atomic mass is 10.2. The van der Waals surface area contributed by atoms with Gasteiger partial charge in [0.15, 0.2) is 0 Å². The number of benzene rings is 1. The van der Waals surface area contributed by atoms with Crippen LogP contribution in [-0.4, -0.2) is 20.4 Å². The largest absolute Gasteiger partial charge is 0.399 e. The third kappa shape index (κ3) is 3.27. The van der Waals surface area contributed by atoms with E-state index in [1.165, 1.54) is 12.1 Å². The number of anilines is 2. The van der Waals surface area contributed by atoms with E-state index >= 15 is 0 Å². The molecule has 1 heterocycles. The Bertz CT molecular complexity index is 725. The number of rotatable bonds is 4. The molecule has 0 atom stereocenters. The van der Waals surface area contributed by atoms with E-state index in [2.05, 4.69) is 4.98 Å². The first kappa shape index (κ1) is 14.8. The van der Waals surface area contributed by atoms with E-state index < -0.39 is 10.0 Å². The Balaban J connectivity index is 2.33. The highest BCUT2D eigenvalue weighted by Crippen LogP contribution is 2.25. The third-order valence-corrected chi connectivity index (χ3v) is 4.72. The molecular weight excluding hydrogens is 296 g/mol. The first-order valence-corrected chi connectivity index (χ1v) is 8.23. The zero-order valence-electron chi connectivity index (χ0n) is 11.2. The van der Waals surface area contributed by atoms with Gasteiger partial charge in [0.1, 0.15) is 0 Å². The standard InChI is InChI=1S/C12H16N4O2S2/c1-8-12(19-7-15-8)6-16(2)10-3-9(13)4-11(5-10)20(14,17)18/h3-5,7H,6,13H2,1-2H3,(H2,14,17,18). The van der Waals surface area contributed by atoms with Crippen molar-refractivity contribution in [3.05, 3.63) is 34.3 Å². The van der Waals surface area contributed by atoms with Gasteiger partial charge in [-0.25, -0.2) is 18.5 Å². The van der Waals surface area contributed by atoms with Crippen molar-refractivity contribution in [2.24, 2.45) is 5.14 Å². The molecule has 8 heteroatoms. The number of thiazole rings is 1. The molecule has 1 aromatic carbocycles. The van der Waals surface area contributed by atoms with E-state index in [4.69, 9.17) is 10.9 Å². The highest BCUT2D eigenvalue weighted by atomic mass is 32.2. The summed E-state index contributed by atoms with van der Waals surface area (Å²) < 4.78 is 22.9. The van der Waals surface area contributed by atoms with Gasteiger partial charge in [0, 0.05) is 23.3 Å². The summed E-state index contributed by atoms with van der Waals surface area (Å²) in [4.78, 5) is 7.23. The summed E-state index contributed by atoms with van der Waals surface area (Å²) in [6, 6.07) is 4.58. The lowest BCUT2D eigenvalue weighted by Crippen LogP contribution is -2.18. The van der Waals surface area contributed by atoms with E-state index in [1.807, 2.05) is 18.9 Å². The van der Waals surface area contributed by atoms with E-state index in [1.54, 1.807) is 22.9 Å². The SMILES string of the molecule is Cc1ncsc1CN(C)c1cc(N)cc(S(N)(=O)=O)c1. The minimum absolute atomic E-state index is 0.0142. The van der Waals surface area contributed by atoms with Gasteiger partial charge in [0.25, 0.3) is 0 Å². The summed E-state index contributed by atoms with van der Waals surface area (Å²) >= 11 is 1.56. The Morgan fingerprint density at radius 3 is 2.60 bits per heavy atom. The van der Waals surface area contributed by atoms with Crippen LogP contribution in [0, 0.1) is 6.92 Å². The number of nitrogens with two attached hydrogens (primary N) is 2. The molecule has 0 aliphatic heterocycles. The second kappa shape index (κ2) is 5.39. The van der Waals surface area contributed by atoms with E-state index in [9.17, 15) is 8.42 Å². The predicted molar refractivity (Wildman–Crippen MR) is 81.2 cm³/mol. The van der Waals surface area contributed by atoms with Crippen LogP contribution < -0.4 is 15.8 Å². The molecule has 0 aliphatic carbocycles. The minimum atomic E-state index is -3.77. The quantitative estimate of drug-likeness (QED) is 0.829. The van der Waals surface area contributed by atoms with Gasteiger partial charge in [0.05, 0.1) is 22.6 Å². The van der Waals surface area contributed by atoms with Gasteiger partial charge in [-0.3, -0.25) is 0 Å². The van der Waals surface area contributed by atoms with Gasteiger partial charge in [-0.1, -0.05) is 0 Å². The van der Waals surface area contributed by atoms with Gasteiger partial charge in [-0.2, -0.15) is 0 Å². The monoisotopic (exact) mass is 312 g/mol. The first-order chi connectivity index (χ1) is 9.27. The Kier molecular flexibility index (Phi) is 3.98. The molecule has 0 saturated carbocycles. The Morgan fingerprint density at radius 2 is 2.05 bits per heavy atom. The van der Waals surface area contributed by atoms with E-state index in [0.717, 1.165) is 10.6 Å². The molecule has 0 spiro atoms. The topological polar surface area (TPSA) is 102 Å². The molecule has 108 valence electrons. The Labute approximate surface area is 122 Å². The predicted octanol–water partition coefficient (Wildman–Crippen LogP) is 1.32. The van der Waals surface area contributed by atoms with Crippen molar-refractivity contribution in [3.8, 4) is 0 Å². The van der Waals surface area contributed by atoms with Gasteiger partial charge >= 0.3 is 0 Å². The second-order valence-corrected chi connectivity index (χ2v) is 7.02. The van der Waals surface area contributed by atoms with Crippen LogP contribution in [0.1, 0.15) is 10.6 Å². The third-order valence-electron chi connectivity index (χ3n) is 2.91. The normalized spacial score (nSPS) is 11.6. The maximum absolute atomic E-state index is 11.4. The average Bonchev–Trinajstić information content (AvgIpc) is 2.73. The van der Waals surface area contributed by atoms with Crippen molar-refractivity contribution in [1.82, 2.24) is 4.98 Å². The maximum Gasteiger partial charge on any atom is 0.238 e. The summed E-state index contributed by atoms with van der Waals surface area (Å²) in [5.74, 6) is 0.